The van der Waals surface area contributed by atoms with Crippen molar-refractivity contribution in [1.29, 1.82) is 5.26 Å². The first-order valence-electron chi connectivity index (χ1n) is 7.05. The Hall–Kier alpha value is -2.32. The molecule has 1 aromatic carbocycles. The van der Waals surface area contributed by atoms with E-state index in [4.69, 9.17) is 9.47 Å². The number of unbranched alkanes of at least 4 members (excludes halogenated alkanes) is 1. The van der Waals surface area contributed by atoms with E-state index in [1.807, 2.05) is 12.1 Å². The number of nitrogens with zero attached hydrogens (tertiary/aromatic N) is 1. The maximum atomic E-state index is 11.5. The van der Waals surface area contributed by atoms with Crippen LogP contribution in [-0.4, -0.2) is 19.7 Å². The van der Waals surface area contributed by atoms with Crippen LogP contribution in [0.5, 0.6) is 5.75 Å². The van der Waals surface area contributed by atoms with Gasteiger partial charge in [0.05, 0.1) is 19.3 Å². The molecule has 1 heterocycles. The molecule has 0 bridgehead atoms. The van der Waals surface area contributed by atoms with E-state index in [9.17, 15) is 10.1 Å². The third-order valence-corrected chi connectivity index (χ3v) is 4.25. The third-order valence-electron chi connectivity index (χ3n) is 3.13. The summed E-state index contributed by atoms with van der Waals surface area (Å²) in [5.74, 6) is 0.251. The number of esters is 1. The molecule has 0 radical (unpaired) electrons. The van der Waals surface area contributed by atoms with Gasteiger partial charge in [0.1, 0.15) is 16.7 Å². The van der Waals surface area contributed by atoms with Crippen molar-refractivity contribution in [2.75, 3.05) is 13.7 Å². The number of benzene rings is 1. The standard InChI is InChI=1S/C17H17NO3S/c1-3-4-9-21-14-6-5-12(10-13(14)11-18)15-7-8-16(22-15)17(19)20-2/h5-8,10H,3-4,9H2,1-2H3. The fraction of sp³-hybridized carbons (Fsp3) is 0.294. The Labute approximate surface area is 133 Å². The van der Waals surface area contributed by atoms with Crippen LogP contribution in [0.1, 0.15) is 35.0 Å². The van der Waals surface area contributed by atoms with Gasteiger partial charge in [-0.15, -0.1) is 11.3 Å². The normalized spacial score (nSPS) is 10.0. The lowest BCUT2D eigenvalue weighted by molar-refractivity contribution is 0.0606. The Balaban J connectivity index is 2.24. The molecule has 0 aliphatic rings. The number of hydrogen-bond acceptors (Lipinski definition) is 5. The zero-order chi connectivity index (χ0) is 15.9. The summed E-state index contributed by atoms with van der Waals surface area (Å²) in [6, 6.07) is 11.2. The van der Waals surface area contributed by atoms with Gasteiger partial charge >= 0.3 is 5.97 Å². The molecule has 0 aliphatic carbocycles. The lowest BCUT2D eigenvalue weighted by atomic mass is 10.1. The molecule has 0 amide bonds. The van der Waals surface area contributed by atoms with Crippen LogP contribution in [0.4, 0.5) is 0 Å². The van der Waals surface area contributed by atoms with Crippen molar-refractivity contribution in [2.45, 2.75) is 19.8 Å². The number of rotatable bonds is 6. The van der Waals surface area contributed by atoms with Crippen molar-refractivity contribution in [1.82, 2.24) is 0 Å². The summed E-state index contributed by atoms with van der Waals surface area (Å²) in [5, 5.41) is 9.28. The lowest BCUT2D eigenvalue weighted by Gasteiger charge is -2.08. The van der Waals surface area contributed by atoms with E-state index in [0.717, 1.165) is 23.3 Å². The zero-order valence-electron chi connectivity index (χ0n) is 12.6. The SMILES string of the molecule is CCCCOc1ccc(-c2ccc(C(=O)OC)s2)cc1C#N. The molecule has 22 heavy (non-hydrogen) atoms. The molecule has 0 N–H and O–H groups in total. The Morgan fingerprint density at radius 2 is 2.14 bits per heavy atom. The fourth-order valence-electron chi connectivity index (χ4n) is 1.93. The molecule has 1 aromatic heterocycles. The van der Waals surface area contributed by atoms with E-state index in [1.54, 1.807) is 18.2 Å². The second kappa shape index (κ2) is 7.62. The molecule has 5 heteroatoms. The maximum Gasteiger partial charge on any atom is 0.348 e. The second-order valence-electron chi connectivity index (χ2n) is 4.68. The predicted molar refractivity (Wildman–Crippen MR) is 86.2 cm³/mol. The fourth-order valence-corrected chi connectivity index (χ4v) is 2.85. The minimum absolute atomic E-state index is 0.351. The van der Waals surface area contributed by atoms with Crippen molar-refractivity contribution in [2.24, 2.45) is 0 Å². The largest absolute Gasteiger partial charge is 0.492 e. The van der Waals surface area contributed by atoms with E-state index in [1.165, 1.54) is 18.4 Å². The van der Waals surface area contributed by atoms with Crippen molar-refractivity contribution in [3.8, 4) is 22.3 Å². The van der Waals surface area contributed by atoms with Crippen LogP contribution >= 0.6 is 11.3 Å². The number of methoxy groups -OCH3 is 1. The smallest absolute Gasteiger partial charge is 0.348 e. The number of carbonyl (C=O) groups excluding carboxylic acids is 1. The first kappa shape index (κ1) is 16.1. The molecule has 4 nitrogen and oxygen atoms in total. The van der Waals surface area contributed by atoms with Gasteiger partial charge in [0.15, 0.2) is 0 Å². The molecule has 114 valence electrons. The van der Waals surface area contributed by atoms with Gasteiger partial charge in [0.25, 0.3) is 0 Å². The quantitative estimate of drug-likeness (QED) is 0.590. The highest BCUT2D eigenvalue weighted by Crippen LogP contribution is 2.31. The van der Waals surface area contributed by atoms with Gasteiger partial charge in [-0.05, 0) is 42.3 Å². The summed E-state index contributed by atoms with van der Waals surface area (Å²) in [7, 11) is 1.36. The summed E-state index contributed by atoms with van der Waals surface area (Å²) in [6.45, 7) is 2.70. The molecule has 0 saturated carbocycles. The van der Waals surface area contributed by atoms with Crippen molar-refractivity contribution >= 4 is 17.3 Å². The van der Waals surface area contributed by atoms with Crippen molar-refractivity contribution < 1.29 is 14.3 Å². The van der Waals surface area contributed by atoms with E-state index in [2.05, 4.69) is 13.0 Å². The van der Waals surface area contributed by atoms with Gasteiger partial charge in [-0.25, -0.2) is 4.79 Å². The van der Waals surface area contributed by atoms with E-state index in [-0.39, 0.29) is 5.97 Å². The summed E-state index contributed by atoms with van der Waals surface area (Å²) < 4.78 is 10.3. The summed E-state index contributed by atoms with van der Waals surface area (Å²) in [4.78, 5) is 13.0. The van der Waals surface area contributed by atoms with Crippen LogP contribution in [0.3, 0.4) is 0 Å². The number of nitriles is 1. The Bertz CT molecular complexity index is 700. The van der Waals surface area contributed by atoms with Gasteiger partial charge < -0.3 is 9.47 Å². The van der Waals surface area contributed by atoms with Gasteiger partial charge in [-0.1, -0.05) is 13.3 Å². The minimum atomic E-state index is -0.351. The predicted octanol–water partition coefficient (Wildman–Crippen LogP) is 4.25. The van der Waals surface area contributed by atoms with Crippen molar-refractivity contribution in [3.63, 3.8) is 0 Å². The topological polar surface area (TPSA) is 59.3 Å². The summed E-state index contributed by atoms with van der Waals surface area (Å²) in [5.41, 5.74) is 1.39. The van der Waals surface area contributed by atoms with Gasteiger partial charge in [-0.2, -0.15) is 5.26 Å². The number of thiophene rings is 1. The second-order valence-corrected chi connectivity index (χ2v) is 5.76. The molecule has 2 rings (SSSR count). The monoisotopic (exact) mass is 315 g/mol. The maximum absolute atomic E-state index is 11.5. The third kappa shape index (κ3) is 3.66. The Kier molecular flexibility index (Phi) is 5.56. The number of hydrogen-bond donors (Lipinski definition) is 0. The molecular weight excluding hydrogens is 298 g/mol. The molecule has 0 unspecified atom stereocenters. The van der Waals surface area contributed by atoms with Gasteiger partial charge in [0.2, 0.25) is 0 Å². The van der Waals surface area contributed by atoms with E-state index in [0.29, 0.717) is 22.8 Å². The summed E-state index contributed by atoms with van der Waals surface area (Å²) >= 11 is 1.34. The minimum Gasteiger partial charge on any atom is -0.492 e. The van der Waals surface area contributed by atoms with Crippen LogP contribution in [-0.2, 0) is 4.74 Å². The van der Waals surface area contributed by atoms with Gasteiger partial charge in [-0.3, -0.25) is 0 Å². The van der Waals surface area contributed by atoms with Crippen LogP contribution in [0, 0.1) is 11.3 Å². The first-order valence-corrected chi connectivity index (χ1v) is 7.86. The van der Waals surface area contributed by atoms with Crippen LogP contribution in [0.25, 0.3) is 10.4 Å². The highest BCUT2D eigenvalue weighted by molar-refractivity contribution is 7.17. The molecular formula is C17H17NO3S. The highest BCUT2D eigenvalue weighted by Gasteiger charge is 2.12. The first-order chi connectivity index (χ1) is 10.7. The van der Waals surface area contributed by atoms with Crippen LogP contribution in [0.2, 0.25) is 0 Å². The van der Waals surface area contributed by atoms with E-state index < -0.39 is 0 Å². The summed E-state index contributed by atoms with van der Waals surface area (Å²) in [6.07, 6.45) is 2.01. The number of ether oxygens (including phenoxy) is 2. The molecule has 0 atom stereocenters. The highest BCUT2D eigenvalue weighted by atomic mass is 32.1. The molecule has 2 aromatic rings. The van der Waals surface area contributed by atoms with E-state index >= 15 is 0 Å². The molecule has 0 aliphatic heterocycles. The molecule has 0 spiro atoms. The average Bonchev–Trinajstić information content (AvgIpc) is 3.04. The molecule has 0 fully saturated rings. The van der Waals surface area contributed by atoms with Gasteiger partial charge in [0, 0.05) is 4.88 Å². The average molecular weight is 315 g/mol. The Morgan fingerprint density at radius 1 is 1.32 bits per heavy atom. The van der Waals surface area contributed by atoms with Crippen molar-refractivity contribution in [3.05, 3.63) is 40.8 Å². The van der Waals surface area contributed by atoms with Crippen LogP contribution < -0.4 is 4.74 Å². The Morgan fingerprint density at radius 3 is 2.82 bits per heavy atom. The lowest BCUT2D eigenvalue weighted by Crippen LogP contribution is -1.98. The zero-order valence-corrected chi connectivity index (χ0v) is 13.4. The molecule has 0 saturated heterocycles. The number of carbonyl (C=O) groups is 1. The van der Waals surface area contributed by atoms with Crippen LogP contribution in [0.15, 0.2) is 30.3 Å².